The van der Waals surface area contributed by atoms with Gasteiger partial charge in [-0.2, -0.15) is 0 Å². The molecule has 0 radical (unpaired) electrons. The van der Waals surface area contributed by atoms with Crippen LogP contribution in [0.2, 0.25) is 0 Å². The van der Waals surface area contributed by atoms with E-state index in [0.29, 0.717) is 11.6 Å². The van der Waals surface area contributed by atoms with Crippen molar-refractivity contribution in [3.8, 4) is 28.6 Å². The summed E-state index contributed by atoms with van der Waals surface area (Å²) in [5, 5.41) is 10.8. The Morgan fingerprint density at radius 3 is 2.48 bits per heavy atom. The number of aromatic nitrogens is 2. The molecule has 0 aliphatic heterocycles. The highest BCUT2D eigenvalue weighted by atomic mass is 19.1. The summed E-state index contributed by atoms with van der Waals surface area (Å²) >= 11 is 0. The molecule has 0 aliphatic rings. The molecule has 0 spiro atoms. The van der Waals surface area contributed by atoms with Crippen molar-refractivity contribution in [1.82, 2.24) is 15.5 Å². The molecule has 29 heavy (non-hydrogen) atoms. The fraction of sp³-hybridized carbons (Fsp3) is 0.190. The van der Waals surface area contributed by atoms with Gasteiger partial charge in [0.1, 0.15) is 12.4 Å². The molecule has 7 nitrogen and oxygen atoms in total. The van der Waals surface area contributed by atoms with Gasteiger partial charge in [0.2, 0.25) is 5.88 Å². The molecule has 0 saturated heterocycles. The number of nitrogens with one attached hydrogen (secondary N) is 1. The highest BCUT2D eigenvalue weighted by molar-refractivity contribution is 5.77. The third kappa shape index (κ3) is 5.90. The normalized spacial score (nSPS) is 10.3. The van der Waals surface area contributed by atoms with Crippen LogP contribution < -0.4 is 19.5 Å². The second-order valence-electron chi connectivity index (χ2n) is 5.90. The molecule has 1 N–H and O–H groups in total. The highest BCUT2D eigenvalue weighted by Gasteiger charge is 2.06. The van der Waals surface area contributed by atoms with E-state index < -0.39 is 5.82 Å². The van der Waals surface area contributed by atoms with Gasteiger partial charge in [-0.25, -0.2) is 4.39 Å². The first-order valence-electron chi connectivity index (χ1n) is 8.90. The topological polar surface area (TPSA) is 82.6 Å². The molecule has 1 aromatic heterocycles. The minimum Gasteiger partial charge on any atom is -0.497 e. The van der Waals surface area contributed by atoms with Crippen LogP contribution in [0.3, 0.4) is 0 Å². The summed E-state index contributed by atoms with van der Waals surface area (Å²) in [7, 11) is 1.61. The van der Waals surface area contributed by atoms with Gasteiger partial charge in [-0.1, -0.05) is 12.1 Å². The molecule has 1 amide bonds. The Kier molecular flexibility index (Phi) is 6.94. The van der Waals surface area contributed by atoms with Crippen molar-refractivity contribution in [3.63, 3.8) is 0 Å². The number of rotatable bonds is 9. The SMILES string of the molecule is COc1ccc(-c2ccc(OCCNC(=O)COc3ccccc3F)nn2)cc1. The van der Waals surface area contributed by atoms with Gasteiger partial charge in [0.05, 0.1) is 19.3 Å². The molecule has 0 unspecified atom stereocenters. The zero-order chi connectivity index (χ0) is 20.5. The number of carbonyl (C=O) groups excluding carboxylic acids is 1. The van der Waals surface area contributed by atoms with E-state index in [1.807, 2.05) is 24.3 Å². The van der Waals surface area contributed by atoms with Crippen molar-refractivity contribution in [3.05, 3.63) is 66.5 Å². The van der Waals surface area contributed by atoms with Crippen LogP contribution in [0.4, 0.5) is 4.39 Å². The van der Waals surface area contributed by atoms with Gasteiger partial charge in [0.25, 0.3) is 5.91 Å². The van der Waals surface area contributed by atoms with Crippen LogP contribution in [0.5, 0.6) is 17.4 Å². The fourth-order valence-electron chi connectivity index (χ4n) is 2.41. The van der Waals surface area contributed by atoms with Gasteiger partial charge < -0.3 is 19.5 Å². The summed E-state index contributed by atoms with van der Waals surface area (Å²) < 4.78 is 29.1. The second-order valence-corrected chi connectivity index (χ2v) is 5.90. The van der Waals surface area contributed by atoms with Crippen LogP contribution >= 0.6 is 0 Å². The number of amides is 1. The van der Waals surface area contributed by atoms with Gasteiger partial charge in [-0.05, 0) is 42.5 Å². The van der Waals surface area contributed by atoms with E-state index in [-0.39, 0.29) is 31.4 Å². The van der Waals surface area contributed by atoms with Gasteiger partial charge in [0, 0.05) is 11.6 Å². The van der Waals surface area contributed by atoms with Crippen molar-refractivity contribution >= 4 is 5.91 Å². The van der Waals surface area contributed by atoms with E-state index in [1.54, 1.807) is 31.4 Å². The van der Waals surface area contributed by atoms with Crippen molar-refractivity contribution in [2.75, 3.05) is 26.9 Å². The Labute approximate surface area is 167 Å². The standard InChI is InChI=1S/C21H20FN3O4/c1-27-16-8-6-15(7-9-16)18-10-11-21(25-24-18)28-13-12-23-20(26)14-29-19-5-3-2-4-17(19)22/h2-11H,12-14H2,1H3,(H,23,26). The molecular formula is C21H20FN3O4. The van der Waals surface area contributed by atoms with Gasteiger partial charge in [-0.3, -0.25) is 4.79 Å². The van der Waals surface area contributed by atoms with Gasteiger partial charge >= 0.3 is 0 Å². The number of benzene rings is 2. The Morgan fingerprint density at radius 1 is 1.00 bits per heavy atom. The molecule has 0 aliphatic carbocycles. The molecule has 3 rings (SSSR count). The third-order valence-corrected chi connectivity index (χ3v) is 3.90. The van der Waals surface area contributed by atoms with Crippen LogP contribution in [0, 0.1) is 5.82 Å². The lowest BCUT2D eigenvalue weighted by atomic mass is 10.1. The number of para-hydroxylation sites is 1. The molecular weight excluding hydrogens is 377 g/mol. The number of hydrogen-bond acceptors (Lipinski definition) is 6. The van der Waals surface area contributed by atoms with E-state index in [2.05, 4.69) is 15.5 Å². The summed E-state index contributed by atoms with van der Waals surface area (Å²) in [4.78, 5) is 11.7. The van der Waals surface area contributed by atoms with E-state index in [4.69, 9.17) is 14.2 Å². The first-order chi connectivity index (χ1) is 14.2. The van der Waals surface area contributed by atoms with Crippen LogP contribution in [0.15, 0.2) is 60.7 Å². The highest BCUT2D eigenvalue weighted by Crippen LogP contribution is 2.21. The summed E-state index contributed by atoms with van der Waals surface area (Å²) in [6.07, 6.45) is 0. The van der Waals surface area contributed by atoms with E-state index in [9.17, 15) is 9.18 Å². The van der Waals surface area contributed by atoms with Gasteiger partial charge in [-0.15, -0.1) is 10.2 Å². The Hall–Kier alpha value is -3.68. The molecule has 0 atom stereocenters. The van der Waals surface area contributed by atoms with Gasteiger partial charge in [0.15, 0.2) is 18.2 Å². The van der Waals surface area contributed by atoms with Crippen LogP contribution in [0.25, 0.3) is 11.3 Å². The molecule has 0 saturated carbocycles. The molecule has 8 heteroatoms. The monoisotopic (exact) mass is 397 g/mol. The minimum atomic E-state index is -0.514. The summed E-state index contributed by atoms with van der Waals surface area (Å²) in [5.41, 5.74) is 1.62. The van der Waals surface area contributed by atoms with Crippen molar-refractivity contribution in [2.45, 2.75) is 0 Å². The molecule has 2 aromatic carbocycles. The van der Waals surface area contributed by atoms with E-state index in [0.717, 1.165) is 11.3 Å². The van der Waals surface area contributed by atoms with E-state index in [1.165, 1.54) is 12.1 Å². The predicted octanol–water partition coefficient (Wildman–Crippen LogP) is 2.87. The largest absolute Gasteiger partial charge is 0.497 e. The Balaban J connectivity index is 1.39. The minimum absolute atomic E-state index is 0.0334. The third-order valence-electron chi connectivity index (χ3n) is 3.90. The Morgan fingerprint density at radius 2 is 1.79 bits per heavy atom. The lowest BCUT2D eigenvalue weighted by Gasteiger charge is -2.09. The second kappa shape index (κ2) is 10.0. The number of hydrogen-bond donors (Lipinski definition) is 1. The van der Waals surface area contributed by atoms with Crippen LogP contribution in [0.1, 0.15) is 0 Å². The molecule has 0 fully saturated rings. The smallest absolute Gasteiger partial charge is 0.258 e. The summed E-state index contributed by atoms with van der Waals surface area (Å²) in [6.45, 7) is 0.181. The maximum Gasteiger partial charge on any atom is 0.258 e. The first kappa shape index (κ1) is 20.1. The number of ether oxygens (including phenoxy) is 3. The summed E-state index contributed by atoms with van der Waals surface area (Å²) in [6, 6.07) is 16.9. The quantitative estimate of drug-likeness (QED) is 0.559. The maximum absolute atomic E-state index is 13.4. The van der Waals surface area contributed by atoms with Crippen molar-refractivity contribution in [1.29, 1.82) is 0 Å². The lowest BCUT2D eigenvalue weighted by molar-refractivity contribution is -0.123. The van der Waals surface area contributed by atoms with Crippen LogP contribution in [-0.2, 0) is 4.79 Å². The number of nitrogens with zero attached hydrogens (tertiary/aromatic N) is 2. The molecule has 0 bridgehead atoms. The van der Waals surface area contributed by atoms with E-state index >= 15 is 0 Å². The molecule has 150 valence electrons. The average molecular weight is 397 g/mol. The van der Waals surface area contributed by atoms with Crippen LogP contribution in [-0.4, -0.2) is 43.0 Å². The lowest BCUT2D eigenvalue weighted by Crippen LogP contribution is -2.32. The molecule has 3 aromatic rings. The van der Waals surface area contributed by atoms with Crippen molar-refractivity contribution in [2.24, 2.45) is 0 Å². The first-order valence-corrected chi connectivity index (χ1v) is 8.90. The maximum atomic E-state index is 13.4. The Bertz CT molecular complexity index is 933. The number of carbonyl (C=O) groups is 1. The molecule has 1 heterocycles. The number of halogens is 1. The average Bonchev–Trinajstić information content (AvgIpc) is 2.77. The number of methoxy groups -OCH3 is 1. The summed E-state index contributed by atoms with van der Waals surface area (Å²) in [5.74, 6) is 0.256. The predicted molar refractivity (Wildman–Crippen MR) is 104 cm³/mol. The zero-order valence-corrected chi connectivity index (χ0v) is 15.8. The zero-order valence-electron chi connectivity index (χ0n) is 15.8. The fourth-order valence-corrected chi connectivity index (χ4v) is 2.41. The van der Waals surface area contributed by atoms with Crippen molar-refractivity contribution < 1.29 is 23.4 Å².